The summed E-state index contributed by atoms with van der Waals surface area (Å²) in [5, 5.41) is 0.626. The van der Waals surface area contributed by atoms with E-state index < -0.39 is 10.0 Å². The molecule has 38 heavy (non-hydrogen) atoms. The van der Waals surface area contributed by atoms with Crippen molar-refractivity contribution >= 4 is 42.6 Å². The fourth-order valence-electron chi connectivity index (χ4n) is 5.09. The Labute approximate surface area is 227 Å². The molecule has 0 radical (unpaired) electrons. The number of aromatic nitrogens is 1. The van der Waals surface area contributed by atoms with Gasteiger partial charge in [-0.2, -0.15) is 4.31 Å². The highest BCUT2D eigenvalue weighted by molar-refractivity contribution is 7.89. The number of fused-ring (bicyclic) bond motifs is 1. The number of aryl methyl sites for hydroxylation is 1. The smallest absolute Gasteiger partial charge is 0.243 e. The van der Waals surface area contributed by atoms with Crippen molar-refractivity contribution in [2.45, 2.75) is 43.6 Å². The van der Waals surface area contributed by atoms with E-state index in [0.717, 1.165) is 28.6 Å². The number of rotatable bonds is 8. The topological polar surface area (TPSA) is 98.3 Å². The second kappa shape index (κ2) is 11.2. The van der Waals surface area contributed by atoms with Gasteiger partial charge in [0.1, 0.15) is 17.0 Å². The highest BCUT2D eigenvalue weighted by Gasteiger charge is 2.36. The normalized spacial score (nSPS) is 19.1. The summed E-state index contributed by atoms with van der Waals surface area (Å²) in [7, 11) is -0.490. The van der Waals surface area contributed by atoms with Crippen LogP contribution < -0.4 is 14.4 Å². The van der Waals surface area contributed by atoms with Gasteiger partial charge in [-0.25, -0.2) is 13.4 Å². The number of hydrogen-bond donors (Lipinski definition) is 0. The number of sulfonamides is 1. The zero-order valence-corrected chi connectivity index (χ0v) is 23.5. The number of amides is 1. The lowest BCUT2D eigenvalue weighted by Crippen LogP contribution is -2.46. The van der Waals surface area contributed by atoms with Crippen molar-refractivity contribution in [2.24, 2.45) is 5.92 Å². The van der Waals surface area contributed by atoms with E-state index in [1.54, 1.807) is 43.4 Å². The number of nitrogens with zero attached hydrogens (tertiary/aromatic N) is 3. The largest absolute Gasteiger partial charge is 0.497 e. The molecule has 11 heteroatoms. The Morgan fingerprint density at radius 2 is 1.84 bits per heavy atom. The molecule has 0 N–H and O–H groups in total. The lowest BCUT2D eigenvalue weighted by molar-refractivity contribution is -0.123. The van der Waals surface area contributed by atoms with Gasteiger partial charge >= 0.3 is 0 Å². The number of ether oxygens (including phenoxy) is 3. The second-order valence-corrected chi connectivity index (χ2v) is 12.6. The molecule has 0 saturated carbocycles. The maximum atomic E-state index is 13.9. The van der Waals surface area contributed by atoms with Crippen molar-refractivity contribution in [3.05, 3.63) is 42.0 Å². The lowest BCUT2D eigenvalue weighted by atomic mass is 9.96. The quantitative estimate of drug-likeness (QED) is 0.407. The van der Waals surface area contributed by atoms with Gasteiger partial charge in [0.25, 0.3) is 0 Å². The third kappa shape index (κ3) is 5.25. The summed E-state index contributed by atoms with van der Waals surface area (Å²) < 4.78 is 45.4. The molecule has 3 aromatic rings. The SMILES string of the molecule is COc1ccc(S(=O)(=O)N2CCC(C(=O)N(CC3CCCO3)c3nc4c(OC)ccc(C)c4s3)CC2)cc1. The Bertz CT molecular complexity index is 1390. The molecule has 0 aliphatic carbocycles. The van der Waals surface area contributed by atoms with Crippen LogP contribution in [0.1, 0.15) is 31.2 Å². The van der Waals surface area contributed by atoms with Gasteiger partial charge in [-0.15, -0.1) is 0 Å². The Morgan fingerprint density at radius 3 is 2.47 bits per heavy atom. The van der Waals surface area contributed by atoms with Crippen LogP contribution in [0.4, 0.5) is 5.13 Å². The molecular formula is C27H33N3O6S2. The maximum absolute atomic E-state index is 13.9. The number of piperidine rings is 1. The molecule has 2 fully saturated rings. The monoisotopic (exact) mass is 559 g/mol. The fraction of sp³-hybridized carbons (Fsp3) is 0.481. The van der Waals surface area contributed by atoms with Crippen molar-refractivity contribution in [2.75, 3.05) is 45.4 Å². The summed E-state index contributed by atoms with van der Waals surface area (Å²) in [4.78, 5) is 20.7. The first-order valence-electron chi connectivity index (χ1n) is 12.8. The molecule has 0 spiro atoms. The first kappa shape index (κ1) is 26.9. The predicted molar refractivity (Wildman–Crippen MR) is 147 cm³/mol. The molecule has 9 nitrogen and oxygen atoms in total. The summed E-state index contributed by atoms with van der Waals surface area (Å²) in [5.74, 6) is 0.948. The van der Waals surface area contributed by atoms with Crippen LogP contribution in [0.3, 0.4) is 0 Å². The lowest BCUT2D eigenvalue weighted by Gasteiger charge is -2.33. The average Bonchev–Trinajstić information content (AvgIpc) is 3.62. The van der Waals surface area contributed by atoms with Gasteiger partial charge in [-0.3, -0.25) is 9.69 Å². The van der Waals surface area contributed by atoms with Gasteiger partial charge in [0.2, 0.25) is 15.9 Å². The minimum atomic E-state index is -3.65. The molecule has 1 unspecified atom stereocenters. The van der Waals surface area contributed by atoms with Crippen molar-refractivity contribution in [3.8, 4) is 11.5 Å². The molecule has 1 aromatic heterocycles. The Kier molecular flexibility index (Phi) is 7.90. The molecule has 1 amide bonds. The number of carbonyl (C=O) groups excluding carboxylic acids is 1. The summed E-state index contributed by atoms with van der Waals surface area (Å²) in [6.07, 6.45) is 2.73. The number of thiazole rings is 1. The fourth-order valence-corrected chi connectivity index (χ4v) is 7.63. The summed E-state index contributed by atoms with van der Waals surface area (Å²) in [6, 6.07) is 10.3. The minimum absolute atomic E-state index is 0.0299. The molecular weight excluding hydrogens is 526 g/mol. The zero-order valence-electron chi connectivity index (χ0n) is 21.9. The molecule has 204 valence electrons. The van der Waals surface area contributed by atoms with Crippen LogP contribution >= 0.6 is 11.3 Å². The average molecular weight is 560 g/mol. The first-order chi connectivity index (χ1) is 18.3. The van der Waals surface area contributed by atoms with Crippen LogP contribution in [0.5, 0.6) is 11.5 Å². The van der Waals surface area contributed by atoms with Gasteiger partial charge in [-0.05, 0) is 68.5 Å². The molecule has 2 saturated heterocycles. The zero-order chi connectivity index (χ0) is 26.9. The molecule has 2 aliphatic heterocycles. The third-order valence-electron chi connectivity index (χ3n) is 7.32. The number of methoxy groups -OCH3 is 2. The van der Waals surface area contributed by atoms with Gasteiger partial charge in [-0.1, -0.05) is 17.4 Å². The number of carbonyl (C=O) groups is 1. The van der Waals surface area contributed by atoms with E-state index >= 15 is 0 Å². The Balaban J connectivity index is 1.36. The number of benzene rings is 2. The summed E-state index contributed by atoms with van der Waals surface area (Å²) in [5.41, 5.74) is 1.82. The van der Waals surface area contributed by atoms with Crippen LogP contribution in [-0.2, 0) is 19.6 Å². The van der Waals surface area contributed by atoms with E-state index in [9.17, 15) is 13.2 Å². The minimum Gasteiger partial charge on any atom is -0.497 e. The van der Waals surface area contributed by atoms with E-state index in [1.165, 1.54) is 15.6 Å². The van der Waals surface area contributed by atoms with Crippen molar-refractivity contribution < 1.29 is 27.4 Å². The predicted octanol–water partition coefficient (Wildman–Crippen LogP) is 4.23. The van der Waals surface area contributed by atoms with E-state index in [4.69, 9.17) is 19.2 Å². The standard InChI is InChI=1S/C27H33N3O6S2/c1-18-6-11-23(35-3)24-25(18)37-27(28-24)30(17-21-5-4-16-36-21)26(31)19-12-14-29(15-13-19)38(32,33)22-9-7-20(34-2)8-10-22/h6-11,19,21H,4-5,12-17H2,1-3H3. The Hall–Kier alpha value is -2.73. The van der Waals surface area contributed by atoms with Crippen molar-refractivity contribution in [1.29, 1.82) is 0 Å². The maximum Gasteiger partial charge on any atom is 0.243 e. The molecule has 2 aromatic carbocycles. The second-order valence-electron chi connectivity index (χ2n) is 9.70. The van der Waals surface area contributed by atoms with Gasteiger partial charge in [0.15, 0.2) is 5.13 Å². The molecule has 0 bridgehead atoms. The van der Waals surface area contributed by atoms with Crippen molar-refractivity contribution in [1.82, 2.24) is 9.29 Å². The van der Waals surface area contributed by atoms with Crippen LogP contribution in [0, 0.1) is 12.8 Å². The first-order valence-corrected chi connectivity index (χ1v) is 15.1. The summed E-state index contributed by atoms with van der Waals surface area (Å²) in [6.45, 7) is 3.72. The van der Waals surface area contributed by atoms with Crippen LogP contribution in [0.25, 0.3) is 10.2 Å². The van der Waals surface area contributed by atoms with Crippen molar-refractivity contribution in [3.63, 3.8) is 0 Å². The number of hydrogen-bond acceptors (Lipinski definition) is 8. The highest BCUT2D eigenvalue weighted by atomic mass is 32.2. The van der Waals surface area contributed by atoms with E-state index in [-0.39, 0.29) is 35.9 Å². The molecule has 3 heterocycles. The molecule has 5 rings (SSSR count). The van der Waals surface area contributed by atoms with E-state index in [2.05, 4.69) is 0 Å². The van der Waals surface area contributed by atoms with E-state index in [1.807, 2.05) is 19.1 Å². The Morgan fingerprint density at radius 1 is 1.11 bits per heavy atom. The molecule has 2 aliphatic rings. The summed E-state index contributed by atoms with van der Waals surface area (Å²) >= 11 is 1.48. The van der Waals surface area contributed by atoms with Crippen LogP contribution in [0.15, 0.2) is 41.3 Å². The number of anilines is 1. The van der Waals surface area contributed by atoms with Crippen LogP contribution in [0.2, 0.25) is 0 Å². The van der Waals surface area contributed by atoms with Gasteiger partial charge in [0.05, 0.1) is 36.5 Å². The van der Waals surface area contributed by atoms with E-state index in [0.29, 0.717) is 42.6 Å². The van der Waals surface area contributed by atoms with Gasteiger partial charge in [0, 0.05) is 25.6 Å². The molecule has 1 atom stereocenters. The van der Waals surface area contributed by atoms with Crippen LogP contribution in [-0.4, -0.2) is 70.2 Å². The van der Waals surface area contributed by atoms with Gasteiger partial charge < -0.3 is 14.2 Å². The highest BCUT2D eigenvalue weighted by Crippen LogP contribution is 2.38. The third-order valence-corrected chi connectivity index (χ3v) is 10.4.